The van der Waals surface area contributed by atoms with Gasteiger partial charge in [-0.05, 0) is 87.0 Å². The van der Waals surface area contributed by atoms with Crippen LogP contribution in [0, 0.1) is 0 Å². The van der Waals surface area contributed by atoms with E-state index in [4.69, 9.17) is 4.74 Å². The Balaban J connectivity index is 1.20. The van der Waals surface area contributed by atoms with Crippen molar-refractivity contribution < 1.29 is 18.3 Å². The Morgan fingerprint density at radius 3 is 2.30 bits per heavy atom. The van der Waals surface area contributed by atoms with Crippen molar-refractivity contribution in [2.45, 2.75) is 42.9 Å². The highest BCUT2D eigenvalue weighted by Crippen LogP contribution is 2.39. The topological polar surface area (TPSA) is 92.6 Å². The first-order valence-corrected chi connectivity index (χ1v) is 13.8. The summed E-state index contributed by atoms with van der Waals surface area (Å²) in [7, 11) is -3.70. The number of hydrogen-bond acceptors (Lipinski definition) is 5. The maximum atomic E-state index is 12.9. The van der Waals surface area contributed by atoms with Crippen molar-refractivity contribution in [3.63, 3.8) is 0 Å². The fraction of sp³-hybridized carbons (Fsp3) is 0.241. The van der Waals surface area contributed by atoms with Gasteiger partial charge in [-0.25, -0.2) is 8.42 Å². The fourth-order valence-corrected chi connectivity index (χ4v) is 5.66. The molecule has 5 rings (SSSR count). The monoisotopic (exact) mass is 517 g/mol. The normalized spacial score (nSPS) is 18.6. The number of hydrogen-bond donors (Lipinski definition) is 3. The van der Waals surface area contributed by atoms with Crippen LogP contribution >= 0.6 is 0 Å². The molecule has 0 radical (unpaired) electrons. The molecule has 0 saturated carbocycles. The van der Waals surface area contributed by atoms with Gasteiger partial charge in [-0.1, -0.05) is 30.3 Å². The van der Waals surface area contributed by atoms with Gasteiger partial charge in [-0.3, -0.25) is 4.72 Å². The van der Waals surface area contributed by atoms with Gasteiger partial charge >= 0.3 is 0 Å². The van der Waals surface area contributed by atoms with E-state index in [1.807, 2.05) is 79.3 Å². The summed E-state index contributed by atoms with van der Waals surface area (Å²) in [5.41, 5.74) is 2.69. The molecule has 0 spiro atoms. The number of fused-ring (bicyclic) bond motifs is 1. The average molecular weight is 518 g/mol. The molecular weight excluding hydrogens is 486 g/mol. The molecule has 192 valence electrons. The number of rotatable bonds is 8. The molecule has 4 aromatic rings. The van der Waals surface area contributed by atoms with Crippen molar-refractivity contribution >= 4 is 15.7 Å². The fourth-order valence-electron chi connectivity index (χ4n) is 4.60. The first-order chi connectivity index (χ1) is 17.7. The highest BCUT2D eigenvalue weighted by atomic mass is 32.2. The molecule has 0 amide bonds. The maximum absolute atomic E-state index is 12.9. The molecule has 7 nitrogen and oxygen atoms in total. The van der Waals surface area contributed by atoms with E-state index in [0.29, 0.717) is 12.2 Å². The van der Waals surface area contributed by atoms with E-state index in [2.05, 4.69) is 10.0 Å². The Hall–Kier alpha value is -3.59. The molecule has 0 aliphatic carbocycles. The molecule has 2 unspecified atom stereocenters. The Bertz CT molecular complexity index is 1450. The Morgan fingerprint density at radius 1 is 0.919 bits per heavy atom. The smallest absolute Gasteiger partial charge is 0.261 e. The lowest BCUT2D eigenvalue weighted by molar-refractivity contribution is -0.0643. The first kappa shape index (κ1) is 25.1. The lowest BCUT2D eigenvalue weighted by atomic mass is 9.86. The number of para-hydroxylation sites is 1. The molecule has 37 heavy (non-hydrogen) atoms. The summed E-state index contributed by atoms with van der Waals surface area (Å²) in [4.78, 5) is 0.204. The van der Waals surface area contributed by atoms with Gasteiger partial charge in [0.25, 0.3) is 10.0 Å². The largest absolute Gasteiger partial charge is 0.485 e. The van der Waals surface area contributed by atoms with E-state index in [-0.39, 0.29) is 10.9 Å². The van der Waals surface area contributed by atoms with E-state index in [1.165, 1.54) is 0 Å². The summed E-state index contributed by atoms with van der Waals surface area (Å²) >= 11 is 0. The van der Waals surface area contributed by atoms with E-state index in [0.717, 1.165) is 29.0 Å². The van der Waals surface area contributed by atoms with Crippen molar-refractivity contribution in [2.24, 2.45) is 0 Å². The van der Waals surface area contributed by atoms with E-state index in [1.54, 1.807) is 36.4 Å². The number of aliphatic hydroxyl groups excluding tert-OH is 1. The molecule has 0 saturated heterocycles. The number of aromatic nitrogens is 1. The maximum Gasteiger partial charge on any atom is 0.261 e. The Labute approximate surface area is 217 Å². The minimum atomic E-state index is -3.70. The second-order valence-corrected chi connectivity index (χ2v) is 11.4. The van der Waals surface area contributed by atoms with Crippen LogP contribution in [0.5, 0.6) is 5.75 Å². The number of ether oxygens (including phenoxy) is 1. The minimum absolute atomic E-state index is 0.204. The summed E-state index contributed by atoms with van der Waals surface area (Å²) < 4.78 is 36.3. The van der Waals surface area contributed by atoms with Gasteiger partial charge < -0.3 is 19.7 Å². The van der Waals surface area contributed by atoms with Crippen LogP contribution in [0.25, 0.3) is 5.69 Å². The molecule has 2 heterocycles. The van der Waals surface area contributed by atoms with Crippen LogP contribution in [-0.4, -0.2) is 36.3 Å². The van der Waals surface area contributed by atoms with Gasteiger partial charge in [-0.15, -0.1) is 0 Å². The zero-order valence-electron chi connectivity index (χ0n) is 20.8. The second kappa shape index (κ2) is 10.0. The predicted molar refractivity (Wildman–Crippen MR) is 145 cm³/mol. The lowest BCUT2D eigenvalue weighted by Gasteiger charge is -2.42. The second-order valence-electron chi connectivity index (χ2n) is 9.76. The molecular formula is C29H31N3O4S. The van der Waals surface area contributed by atoms with Crippen LogP contribution in [-0.2, 0) is 16.4 Å². The first-order valence-electron chi connectivity index (χ1n) is 12.3. The molecule has 8 heteroatoms. The highest BCUT2D eigenvalue weighted by Gasteiger charge is 2.42. The van der Waals surface area contributed by atoms with E-state index in [9.17, 15) is 13.5 Å². The summed E-state index contributed by atoms with van der Waals surface area (Å²) in [6.45, 7) is 4.42. The highest BCUT2D eigenvalue weighted by molar-refractivity contribution is 7.92. The lowest BCUT2D eigenvalue weighted by Crippen LogP contribution is -2.52. The van der Waals surface area contributed by atoms with Gasteiger partial charge in [0.1, 0.15) is 17.5 Å². The van der Waals surface area contributed by atoms with Crippen molar-refractivity contribution in [3.8, 4) is 11.4 Å². The number of aliphatic hydroxyl groups is 1. The van der Waals surface area contributed by atoms with Crippen molar-refractivity contribution in [2.75, 3.05) is 11.3 Å². The number of benzene rings is 3. The van der Waals surface area contributed by atoms with Crippen LogP contribution in [0.2, 0.25) is 0 Å². The third-order valence-electron chi connectivity index (χ3n) is 6.69. The SMILES string of the molecule is CC1(C)Oc2ccccc2C(NCCc2ccc(NS(=O)(=O)c3ccc(-n4cccc4)cc3)cc2)C1O. The predicted octanol–water partition coefficient (Wildman–Crippen LogP) is 4.68. The van der Waals surface area contributed by atoms with Gasteiger partial charge in [0, 0.05) is 29.3 Å². The summed E-state index contributed by atoms with van der Waals surface area (Å²) in [5.74, 6) is 0.784. The molecule has 1 aliphatic heterocycles. The summed E-state index contributed by atoms with van der Waals surface area (Å²) in [6.07, 6.45) is 3.84. The Morgan fingerprint density at radius 2 is 1.59 bits per heavy atom. The van der Waals surface area contributed by atoms with Crippen LogP contribution in [0.3, 0.4) is 0 Å². The molecule has 0 bridgehead atoms. The van der Waals surface area contributed by atoms with E-state index >= 15 is 0 Å². The van der Waals surface area contributed by atoms with Crippen LogP contribution in [0.15, 0.2) is 102 Å². The zero-order valence-corrected chi connectivity index (χ0v) is 21.7. The molecule has 3 aromatic carbocycles. The van der Waals surface area contributed by atoms with Gasteiger partial charge in [-0.2, -0.15) is 0 Å². The number of nitrogens with zero attached hydrogens (tertiary/aromatic N) is 1. The third-order valence-corrected chi connectivity index (χ3v) is 8.09. The van der Waals surface area contributed by atoms with Crippen LogP contribution in [0.1, 0.15) is 31.0 Å². The zero-order chi connectivity index (χ0) is 26.0. The number of nitrogens with one attached hydrogen (secondary N) is 2. The summed E-state index contributed by atoms with van der Waals surface area (Å²) in [6, 6.07) is 25.5. The van der Waals surface area contributed by atoms with Crippen LogP contribution < -0.4 is 14.8 Å². The Kier molecular flexibility index (Phi) is 6.81. The van der Waals surface area contributed by atoms with Gasteiger partial charge in [0.15, 0.2) is 0 Å². The molecule has 2 atom stereocenters. The molecule has 3 N–H and O–H groups in total. The van der Waals surface area contributed by atoms with Gasteiger partial charge in [0.2, 0.25) is 0 Å². The standard InChI is InChI=1S/C29H31N3O4S/c1-29(2)28(33)27(25-7-3-4-8-26(25)36-29)30-18-17-21-9-11-22(12-10-21)31-37(34,35)24-15-13-23(14-16-24)32-19-5-6-20-32/h3-16,19-20,27-28,30-31,33H,17-18H2,1-2H3. The minimum Gasteiger partial charge on any atom is -0.485 e. The third kappa shape index (κ3) is 5.41. The quantitative estimate of drug-likeness (QED) is 0.316. The summed E-state index contributed by atoms with van der Waals surface area (Å²) in [5, 5.41) is 14.4. The van der Waals surface area contributed by atoms with Crippen molar-refractivity contribution in [1.82, 2.24) is 9.88 Å². The molecule has 1 aromatic heterocycles. The number of anilines is 1. The molecule has 1 aliphatic rings. The average Bonchev–Trinajstić information content (AvgIpc) is 3.42. The molecule has 0 fully saturated rings. The van der Waals surface area contributed by atoms with Crippen molar-refractivity contribution in [3.05, 3.63) is 108 Å². The number of sulfonamides is 1. The van der Waals surface area contributed by atoms with Crippen molar-refractivity contribution in [1.29, 1.82) is 0 Å². The van der Waals surface area contributed by atoms with E-state index < -0.39 is 21.7 Å². The van der Waals surface area contributed by atoms with Crippen LogP contribution in [0.4, 0.5) is 5.69 Å². The van der Waals surface area contributed by atoms with Gasteiger partial charge in [0.05, 0.1) is 10.9 Å².